The maximum Gasteiger partial charge on any atom is 0.389 e. The van der Waals surface area contributed by atoms with Crippen LogP contribution in [0.15, 0.2) is 0 Å². The molecule has 1 rings (SSSR count). The van der Waals surface area contributed by atoms with Crippen LogP contribution >= 0.6 is 11.3 Å². The lowest BCUT2D eigenvalue weighted by atomic mass is 10.2. The Hall–Kier alpha value is -1.97. The largest absolute Gasteiger partial charge is 0.397 e. The number of carbonyl (C=O) groups excluding carboxylic acids is 2. The molecule has 2 amide bonds. The Bertz CT molecular complexity index is 542. The molecular formula is C11H15F3N4O2S. The first-order chi connectivity index (χ1) is 9.67. The third kappa shape index (κ3) is 4.52. The molecule has 0 bridgehead atoms. The molecular weight excluding hydrogens is 309 g/mol. The van der Waals surface area contributed by atoms with Gasteiger partial charge in [0.2, 0.25) is 0 Å². The van der Waals surface area contributed by atoms with Crippen molar-refractivity contribution in [3.05, 3.63) is 10.4 Å². The van der Waals surface area contributed by atoms with Crippen molar-refractivity contribution in [1.29, 1.82) is 0 Å². The van der Waals surface area contributed by atoms with Crippen LogP contribution in [0.2, 0.25) is 0 Å². The Morgan fingerprint density at radius 1 is 1.33 bits per heavy atom. The van der Waals surface area contributed by atoms with Gasteiger partial charge in [-0.2, -0.15) is 13.2 Å². The minimum atomic E-state index is -4.24. The fourth-order valence-electron chi connectivity index (χ4n) is 1.59. The summed E-state index contributed by atoms with van der Waals surface area (Å²) in [6.45, 7) is -0.0209. The fraction of sp³-hybridized carbons (Fsp3) is 0.455. The summed E-state index contributed by atoms with van der Waals surface area (Å²) in [5, 5.41) is 5.21. The van der Waals surface area contributed by atoms with Crippen LogP contribution in [0, 0.1) is 0 Å². The first-order valence-electron chi connectivity index (χ1n) is 5.92. The predicted molar refractivity (Wildman–Crippen MR) is 74.4 cm³/mol. The van der Waals surface area contributed by atoms with E-state index in [1.165, 1.54) is 7.05 Å². The van der Waals surface area contributed by atoms with Gasteiger partial charge in [-0.1, -0.05) is 0 Å². The molecule has 6 N–H and O–H groups in total. The second-order valence-corrected chi connectivity index (χ2v) is 5.16. The Labute approximate surface area is 122 Å². The molecule has 0 aliphatic rings. The molecule has 1 heterocycles. The number of primary amides is 1. The summed E-state index contributed by atoms with van der Waals surface area (Å²) in [5.74, 6) is -1.35. The van der Waals surface area contributed by atoms with Gasteiger partial charge in [0, 0.05) is 20.0 Å². The quantitative estimate of drug-likeness (QED) is 0.595. The third-order valence-electron chi connectivity index (χ3n) is 2.55. The Balaban J connectivity index is 2.86. The fourth-order valence-corrected chi connectivity index (χ4v) is 2.68. The van der Waals surface area contributed by atoms with E-state index in [4.69, 9.17) is 11.5 Å². The van der Waals surface area contributed by atoms with E-state index in [1.807, 2.05) is 0 Å². The molecule has 0 spiro atoms. The zero-order valence-corrected chi connectivity index (χ0v) is 12.0. The molecule has 6 nitrogen and oxygen atoms in total. The van der Waals surface area contributed by atoms with Crippen LogP contribution in [0.25, 0.3) is 0 Å². The van der Waals surface area contributed by atoms with Crippen molar-refractivity contribution in [2.24, 2.45) is 5.73 Å². The van der Waals surface area contributed by atoms with Gasteiger partial charge in [0.1, 0.15) is 9.88 Å². The van der Waals surface area contributed by atoms with Crippen molar-refractivity contribution in [2.45, 2.75) is 19.0 Å². The van der Waals surface area contributed by atoms with E-state index in [0.29, 0.717) is 0 Å². The second-order valence-electron chi connectivity index (χ2n) is 4.14. The van der Waals surface area contributed by atoms with Gasteiger partial charge in [0.25, 0.3) is 11.8 Å². The summed E-state index contributed by atoms with van der Waals surface area (Å²) in [6, 6.07) is 0. The highest BCUT2D eigenvalue weighted by molar-refractivity contribution is 7.19. The van der Waals surface area contributed by atoms with E-state index >= 15 is 0 Å². The number of amides is 2. The zero-order valence-electron chi connectivity index (χ0n) is 11.1. The van der Waals surface area contributed by atoms with E-state index in [-0.39, 0.29) is 34.1 Å². The average molecular weight is 324 g/mol. The first-order valence-corrected chi connectivity index (χ1v) is 6.73. The molecule has 0 aliphatic heterocycles. The number of nitrogens with one attached hydrogen (secondary N) is 2. The Morgan fingerprint density at radius 2 is 1.95 bits per heavy atom. The highest BCUT2D eigenvalue weighted by Gasteiger charge is 2.27. The van der Waals surface area contributed by atoms with Crippen LogP contribution in [0.1, 0.15) is 32.9 Å². The smallest absolute Gasteiger partial charge is 0.389 e. The summed E-state index contributed by atoms with van der Waals surface area (Å²) in [6.07, 6.45) is -5.36. The van der Waals surface area contributed by atoms with Gasteiger partial charge in [-0.15, -0.1) is 11.3 Å². The van der Waals surface area contributed by atoms with Crippen molar-refractivity contribution in [3.8, 4) is 0 Å². The Morgan fingerprint density at radius 3 is 2.43 bits per heavy atom. The molecule has 0 unspecified atom stereocenters. The summed E-state index contributed by atoms with van der Waals surface area (Å²) in [4.78, 5) is 23.0. The van der Waals surface area contributed by atoms with E-state index in [1.54, 1.807) is 0 Å². The van der Waals surface area contributed by atoms with Gasteiger partial charge in [-0.25, -0.2) is 0 Å². The molecule has 0 saturated heterocycles. The van der Waals surface area contributed by atoms with Gasteiger partial charge < -0.3 is 22.1 Å². The van der Waals surface area contributed by atoms with Crippen LogP contribution in [-0.4, -0.2) is 31.6 Å². The standard InChI is InChI=1S/C11H15F3N4O2S/c1-17-9(20)7-6(15)5(8(16)19)10(21-7)18-4-2-3-11(12,13)14/h18H,2-4,15H2,1H3,(H2,16,19)(H,17,20). The highest BCUT2D eigenvalue weighted by atomic mass is 32.1. The lowest BCUT2D eigenvalue weighted by Crippen LogP contribution is -2.19. The second kappa shape index (κ2) is 6.66. The van der Waals surface area contributed by atoms with Gasteiger partial charge in [-0.3, -0.25) is 9.59 Å². The summed E-state index contributed by atoms with van der Waals surface area (Å²) < 4.78 is 36.1. The lowest BCUT2D eigenvalue weighted by molar-refractivity contribution is -0.134. The SMILES string of the molecule is CNC(=O)c1sc(NCCCC(F)(F)F)c(C(N)=O)c1N. The number of alkyl halides is 3. The van der Waals surface area contributed by atoms with Crippen LogP contribution < -0.4 is 22.1 Å². The van der Waals surface area contributed by atoms with E-state index in [9.17, 15) is 22.8 Å². The van der Waals surface area contributed by atoms with E-state index in [2.05, 4.69) is 10.6 Å². The maximum atomic E-state index is 12.0. The molecule has 0 saturated carbocycles. The molecule has 0 aromatic carbocycles. The summed E-state index contributed by atoms with van der Waals surface area (Å²) >= 11 is 0.875. The van der Waals surface area contributed by atoms with Crippen LogP contribution in [0.5, 0.6) is 0 Å². The minimum absolute atomic E-state index is 0.0209. The van der Waals surface area contributed by atoms with Gasteiger partial charge >= 0.3 is 6.18 Å². The van der Waals surface area contributed by atoms with E-state index < -0.39 is 24.4 Å². The van der Waals surface area contributed by atoms with E-state index in [0.717, 1.165) is 11.3 Å². The first kappa shape index (κ1) is 17.1. The van der Waals surface area contributed by atoms with Crippen LogP contribution in [-0.2, 0) is 0 Å². The normalized spacial score (nSPS) is 11.2. The number of rotatable bonds is 6. The molecule has 10 heteroatoms. The molecule has 0 atom stereocenters. The summed E-state index contributed by atoms with van der Waals surface area (Å²) in [7, 11) is 1.39. The molecule has 21 heavy (non-hydrogen) atoms. The average Bonchev–Trinajstić information content (AvgIpc) is 2.69. The Kier molecular flexibility index (Phi) is 5.41. The number of thiophene rings is 1. The molecule has 0 radical (unpaired) electrons. The number of nitrogen functional groups attached to an aromatic ring is 1. The van der Waals surface area contributed by atoms with Gasteiger partial charge in [0.15, 0.2) is 0 Å². The van der Waals surface area contributed by atoms with Gasteiger partial charge in [-0.05, 0) is 6.42 Å². The lowest BCUT2D eigenvalue weighted by Gasteiger charge is -2.08. The molecule has 1 aromatic heterocycles. The van der Waals surface area contributed by atoms with Crippen LogP contribution in [0.4, 0.5) is 23.9 Å². The zero-order chi connectivity index (χ0) is 16.2. The molecule has 0 fully saturated rings. The van der Waals surface area contributed by atoms with Gasteiger partial charge in [0.05, 0.1) is 11.3 Å². The van der Waals surface area contributed by atoms with Crippen molar-refractivity contribution in [1.82, 2.24) is 5.32 Å². The van der Waals surface area contributed by atoms with Crippen molar-refractivity contribution >= 4 is 33.8 Å². The highest BCUT2D eigenvalue weighted by Crippen LogP contribution is 2.35. The predicted octanol–water partition coefficient (Wildman–Crippen LogP) is 1.54. The van der Waals surface area contributed by atoms with Crippen LogP contribution in [0.3, 0.4) is 0 Å². The number of carbonyl (C=O) groups is 2. The number of halogens is 3. The molecule has 0 aliphatic carbocycles. The van der Waals surface area contributed by atoms with Crippen molar-refractivity contribution in [3.63, 3.8) is 0 Å². The number of anilines is 2. The molecule has 1 aromatic rings. The third-order valence-corrected chi connectivity index (χ3v) is 3.71. The van der Waals surface area contributed by atoms with Crippen molar-refractivity contribution in [2.75, 3.05) is 24.6 Å². The topological polar surface area (TPSA) is 110 Å². The minimum Gasteiger partial charge on any atom is -0.397 e. The maximum absolute atomic E-state index is 12.0. The number of hydrogen-bond donors (Lipinski definition) is 4. The summed E-state index contributed by atoms with van der Waals surface area (Å²) in [5.41, 5.74) is 10.7. The number of hydrogen-bond acceptors (Lipinski definition) is 5. The molecule has 118 valence electrons. The van der Waals surface area contributed by atoms with Crippen molar-refractivity contribution < 1.29 is 22.8 Å². The number of nitrogens with two attached hydrogens (primary N) is 2. The monoisotopic (exact) mass is 324 g/mol.